The minimum absolute atomic E-state index is 0.0156. The van der Waals surface area contributed by atoms with Crippen molar-refractivity contribution in [1.82, 2.24) is 14.1 Å². The van der Waals surface area contributed by atoms with E-state index >= 15 is 0 Å². The molecule has 4 aromatic rings. The predicted molar refractivity (Wildman–Crippen MR) is 95.8 cm³/mol. The van der Waals surface area contributed by atoms with E-state index in [2.05, 4.69) is 9.71 Å². The second-order valence-electron chi connectivity index (χ2n) is 5.88. The van der Waals surface area contributed by atoms with E-state index in [9.17, 15) is 18.0 Å². The maximum absolute atomic E-state index is 12.7. The Hall–Kier alpha value is -3.27. The summed E-state index contributed by atoms with van der Waals surface area (Å²) in [6.07, 6.45) is 0. The predicted octanol–water partition coefficient (Wildman–Crippen LogP) is 1.11. The molecule has 0 atom stereocenters. The van der Waals surface area contributed by atoms with Gasteiger partial charge in [0.05, 0.1) is 27.1 Å². The molecular weight excluding hydrogens is 360 g/mol. The van der Waals surface area contributed by atoms with Crippen molar-refractivity contribution in [3.05, 3.63) is 57.4 Å². The summed E-state index contributed by atoms with van der Waals surface area (Å²) in [6.45, 7) is 0. The summed E-state index contributed by atoms with van der Waals surface area (Å²) in [5, 5.41) is 0. The fourth-order valence-corrected chi connectivity index (χ4v) is 3.95. The maximum atomic E-state index is 12.7. The van der Waals surface area contributed by atoms with Crippen molar-refractivity contribution in [1.29, 1.82) is 0 Å². The molecule has 10 heteroatoms. The zero-order chi connectivity index (χ0) is 18.6. The molecule has 2 aromatic carbocycles. The van der Waals surface area contributed by atoms with Gasteiger partial charge in [0.15, 0.2) is 5.58 Å². The van der Waals surface area contributed by atoms with Crippen LogP contribution in [-0.2, 0) is 24.1 Å². The number of sulfonamides is 1. The largest absolute Gasteiger partial charge is 0.417 e. The lowest BCUT2D eigenvalue weighted by Crippen LogP contribution is -2.19. The molecule has 0 unspecified atom stereocenters. The number of anilines is 1. The standard InChI is InChI=1S/C16H14N4O5S/c1-19-12-6-4-10(8-13(12)20(2)16(19)22)26(23,24)18-9-3-5-11-14(7-9)25-15(21)17-11/h3-8,18H,1-2H3,(H,17,21). The quantitative estimate of drug-likeness (QED) is 0.557. The van der Waals surface area contributed by atoms with Crippen LogP contribution in [0.1, 0.15) is 0 Å². The van der Waals surface area contributed by atoms with E-state index in [1.165, 1.54) is 33.4 Å². The highest BCUT2D eigenvalue weighted by atomic mass is 32.2. The average molecular weight is 374 g/mol. The Balaban J connectivity index is 1.77. The number of aromatic amines is 1. The van der Waals surface area contributed by atoms with E-state index in [-0.39, 0.29) is 21.9 Å². The Bertz CT molecular complexity index is 1390. The van der Waals surface area contributed by atoms with Crippen LogP contribution in [-0.4, -0.2) is 22.5 Å². The molecule has 134 valence electrons. The van der Waals surface area contributed by atoms with Gasteiger partial charge in [-0.1, -0.05) is 0 Å². The number of fused-ring (bicyclic) bond motifs is 2. The van der Waals surface area contributed by atoms with Gasteiger partial charge in [-0.2, -0.15) is 0 Å². The first kappa shape index (κ1) is 16.2. The number of imidazole rings is 1. The molecule has 0 aliphatic rings. The van der Waals surface area contributed by atoms with Crippen LogP contribution in [0.3, 0.4) is 0 Å². The van der Waals surface area contributed by atoms with Crippen LogP contribution >= 0.6 is 0 Å². The van der Waals surface area contributed by atoms with Crippen LogP contribution < -0.4 is 16.2 Å². The van der Waals surface area contributed by atoms with Crippen molar-refractivity contribution in [2.45, 2.75) is 4.90 Å². The first-order valence-corrected chi connectivity index (χ1v) is 9.06. The van der Waals surface area contributed by atoms with E-state index in [0.29, 0.717) is 16.6 Å². The van der Waals surface area contributed by atoms with Crippen molar-refractivity contribution >= 4 is 37.8 Å². The zero-order valence-corrected chi connectivity index (χ0v) is 14.6. The van der Waals surface area contributed by atoms with Crippen LogP contribution in [0.25, 0.3) is 22.1 Å². The molecule has 4 rings (SSSR count). The topological polar surface area (TPSA) is 119 Å². The summed E-state index contributed by atoms with van der Waals surface area (Å²) in [4.78, 5) is 25.7. The number of nitrogens with one attached hydrogen (secondary N) is 2. The van der Waals surface area contributed by atoms with Crippen LogP contribution in [0.5, 0.6) is 0 Å². The zero-order valence-electron chi connectivity index (χ0n) is 13.8. The number of H-pyrrole nitrogens is 1. The number of oxazole rings is 1. The molecule has 0 saturated heterocycles. The van der Waals surface area contributed by atoms with Crippen molar-refractivity contribution in [3.8, 4) is 0 Å². The molecule has 9 nitrogen and oxygen atoms in total. The van der Waals surface area contributed by atoms with Crippen LogP contribution in [0.2, 0.25) is 0 Å². The third kappa shape index (κ3) is 2.42. The highest BCUT2D eigenvalue weighted by Gasteiger charge is 2.18. The molecule has 0 bridgehead atoms. The SMILES string of the molecule is Cn1c(=O)n(C)c2cc(S(=O)(=O)Nc3ccc4[nH]c(=O)oc4c3)ccc21. The third-order valence-corrected chi connectivity index (χ3v) is 5.61. The molecule has 0 amide bonds. The van der Waals surface area contributed by atoms with Gasteiger partial charge in [0.1, 0.15) is 0 Å². The van der Waals surface area contributed by atoms with Gasteiger partial charge in [0.25, 0.3) is 10.0 Å². The smallest absolute Gasteiger partial charge is 0.408 e. The molecule has 2 heterocycles. The van der Waals surface area contributed by atoms with E-state index in [1.54, 1.807) is 26.2 Å². The Morgan fingerprint density at radius 3 is 2.50 bits per heavy atom. The molecule has 0 spiro atoms. The van der Waals surface area contributed by atoms with Crippen LogP contribution in [0, 0.1) is 0 Å². The lowest BCUT2D eigenvalue weighted by atomic mass is 10.3. The second-order valence-corrected chi connectivity index (χ2v) is 7.56. The minimum atomic E-state index is -3.89. The fourth-order valence-electron chi connectivity index (χ4n) is 2.88. The number of rotatable bonds is 3. The molecule has 2 N–H and O–H groups in total. The van der Waals surface area contributed by atoms with Crippen LogP contribution in [0.4, 0.5) is 5.69 Å². The number of aromatic nitrogens is 3. The van der Waals surface area contributed by atoms with Gasteiger partial charge in [-0.25, -0.2) is 18.0 Å². The van der Waals surface area contributed by atoms with E-state index in [4.69, 9.17) is 4.42 Å². The van der Waals surface area contributed by atoms with Gasteiger partial charge in [-0.3, -0.25) is 18.8 Å². The molecule has 0 saturated carbocycles. The van der Waals surface area contributed by atoms with Crippen molar-refractivity contribution in [2.24, 2.45) is 14.1 Å². The first-order chi connectivity index (χ1) is 12.3. The van der Waals surface area contributed by atoms with Gasteiger partial charge in [0.2, 0.25) is 0 Å². The summed E-state index contributed by atoms with van der Waals surface area (Å²) < 4.78 is 35.6. The highest BCUT2D eigenvalue weighted by Crippen LogP contribution is 2.22. The van der Waals surface area contributed by atoms with E-state index in [1.807, 2.05) is 0 Å². The van der Waals surface area contributed by atoms with Gasteiger partial charge >= 0.3 is 11.4 Å². The van der Waals surface area contributed by atoms with E-state index in [0.717, 1.165) is 0 Å². The second kappa shape index (κ2) is 5.36. The number of hydrogen-bond acceptors (Lipinski definition) is 5. The molecule has 2 aromatic heterocycles. The first-order valence-electron chi connectivity index (χ1n) is 7.57. The van der Waals surface area contributed by atoms with E-state index < -0.39 is 15.8 Å². The number of hydrogen-bond donors (Lipinski definition) is 2. The number of nitrogens with zero attached hydrogens (tertiary/aromatic N) is 2. The normalized spacial score (nSPS) is 12.1. The van der Waals surface area contributed by atoms with Crippen molar-refractivity contribution in [3.63, 3.8) is 0 Å². The summed E-state index contributed by atoms with van der Waals surface area (Å²) in [6, 6.07) is 8.93. The Morgan fingerprint density at radius 2 is 1.73 bits per heavy atom. The molecule has 0 radical (unpaired) electrons. The number of benzene rings is 2. The van der Waals surface area contributed by atoms with Crippen molar-refractivity contribution in [2.75, 3.05) is 4.72 Å². The summed E-state index contributed by atoms with van der Waals surface area (Å²) in [7, 11) is -0.690. The lowest BCUT2D eigenvalue weighted by Gasteiger charge is -2.08. The summed E-state index contributed by atoms with van der Waals surface area (Å²) in [5.74, 6) is -0.615. The summed E-state index contributed by atoms with van der Waals surface area (Å²) in [5.41, 5.74) is 1.87. The third-order valence-electron chi connectivity index (χ3n) is 4.23. The average Bonchev–Trinajstić information content (AvgIpc) is 3.07. The summed E-state index contributed by atoms with van der Waals surface area (Å²) >= 11 is 0. The fraction of sp³-hybridized carbons (Fsp3) is 0.125. The Morgan fingerprint density at radius 1 is 1.00 bits per heavy atom. The number of aryl methyl sites for hydroxylation is 2. The monoisotopic (exact) mass is 374 g/mol. The Labute approximate surface area is 146 Å². The molecule has 26 heavy (non-hydrogen) atoms. The van der Waals surface area contributed by atoms with Gasteiger partial charge in [0, 0.05) is 20.2 Å². The molecular formula is C16H14N4O5S. The van der Waals surface area contributed by atoms with Crippen LogP contribution in [0.15, 0.2) is 55.3 Å². The molecule has 0 aliphatic heterocycles. The van der Waals surface area contributed by atoms with Gasteiger partial charge in [-0.05, 0) is 30.3 Å². The molecule has 0 aliphatic carbocycles. The van der Waals surface area contributed by atoms with Crippen molar-refractivity contribution < 1.29 is 12.8 Å². The Kier molecular flexibility index (Phi) is 3.34. The lowest BCUT2D eigenvalue weighted by molar-refractivity contribution is 0.555. The van der Waals surface area contributed by atoms with Gasteiger partial charge in [-0.15, -0.1) is 0 Å². The highest BCUT2D eigenvalue weighted by molar-refractivity contribution is 7.92. The minimum Gasteiger partial charge on any atom is -0.408 e. The maximum Gasteiger partial charge on any atom is 0.417 e. The molecule has 0 fully saturated rings. The van der Waals surface area contributed by atoms with Gasteiger partial charge < -0.3 is 4.42 Å².